The van der Waals surface area contributed by atoms with Crippen LogP contribution in [0.4, 0.5) is 19.1 Å². The fourth-order valence-electron chi connectivity index (χ4n) is 2.72. The molecule has 2 heterocycles. The summed E-state index contributed by atoms with van der Waals surface area (Å²) < 4.78 is 45.5. The Bertz CT molecular complexity index is 948. The van der Waals surface area contributed by atoms with Gasteiger partial charge in [0.15, 0.2) is 6.61 Å². The Kier molecular flexibility index (Phi) is 4.74. The van der Waals surface area contributed by atoms with Crippen LogP contribution < -0.4 is 10.1 Å². The van der Waals surface area contributed by atoms with E-state index in [1.807, 2.05) is 23.7 Å². The van der Waals surface area contributed by atoms with E-state index in [-0.39, 0.29) is 12.4 Å². The van der Waals surface area contributed by atoms with Crippen molar-refractivity contribution in [1.29, 1.82) is 0 Å². The molecule has 0 saturated carbocycles. The maximum absolute atomic E-state index is 12.5. The quantitative estimate of drug-likeness (QED) is 0.723. The van der Waals surface area contributed by atoms with Crippen molar-refractivity contribution in [2.45, 2.75) is 19.6 Å². The van der Waals surface area contributed by atoms with Gasteiger partial charge in [0.2, 0.25) is 11.8 Å². The lowest BCUT2D eigenvalue weighted by Gasteiger charge is -2.12. The third-order valence-corrected chi connectivity index (χ3v) is 4.25. The van der Waals surface area contributed by atoms with Crippen LogP contribution in [0.25, 0.3) is 11.0 Å². The summed E-state index contributed by atoms with van der Waals surface area (Å²) in [6.45, 7) is 0.547. The predicted octanol–water partition coefficient (Wildman–Crippen LogP) is 3.82. The van der Waals surface area contributed by atoms with E-state index >= 15 is 0 Å². The van der Waals surface area contributed by atoms with Crippen LogP contribution in [-0.2, 0) is 20.6 Å². The molecule has 0 amide bonds. The number of alkyl halides is 3. The average molecular weight is 388 g/mol. The predicted molar refractivity (Wildman–Crippen MR) is 92.5 cm³/mol. The van der Waals surface area contributed by atoms with Crippen molar-refractivity contribution in [2.24, 2.45) is 14.1 Å². The second-order valence-electron chi connectivity index (χ2n) is 5.85. The van der Waals surface area contributed by atoms with Gasteiger partial charge in [-0.1, -0.05) is 17.7 Å². The number of anilines is 1. The lowest BCUT2D eigenvalue weighted by molar-refractivity contribution is -0.154. The van der Waals surface area contributed by atoms with Gasteiger partial charge in [-0.25, -0.2) is 9.67 Å². The van der Waals surface area contributed by atoms with Gasteiger partial charge in [-0.2, -0.15) is 18.3 Å². The summed E-state index contributed by atoms with van der Waals surface area (Å²) in [4.78, 5) is 4.45. The lowest BCUT2D eigenvalue weighted by Crippen LogP contribution is -2.21. The Morgan fingerprint density at radius 2 is 2.00 bits per heavy atom. The molecule has 1 aromatic carbocycles. The maximum atomic E-state index is 12.5. The normalized spacial score (nSPS) is 12.0. The van der Waals surface area contributed by atoms with Crippen molar-refractivity contribution in [1.82, 2.24) is 19.3 Å². The molecule has 1 N–H and O–H groups in total. The van der Waals surface area contributed by atoms with Gasteiger partial charge in [0.05, 0.1) is 28.3 Å². The van der Waals surface area contributed by atoms with Gasteiger partial charge in [-0.15, -0.1) is 0 Å². The zero-order valence-electron chi connectivity index (χ0n) is 14.4. The summed E-state index contributed by atoms with van der Waals surface area (Å²) in [5, 5.41) is 7.78. The number of benzene rings is 1. The molecule has 140 valence electrons. The van der Waals surface area contributed by atoms with Crippen molar-refractivity contribution in [2.75, 3.05) is 11.9 Å². The zero-order chi connectivity index (χ0) is 19.1. The topological polar surface area (TPSA) is 56.9 Å². The molecule has 0 aliphatic heterocycles. The Morgan fingerprint density at radius 3 is 2.65 bits per heavy atom. The zero-order valence-corrected chi connectivity index (χ0v) is 15.1. The molecule has 3 rings (SSSR count). The van der Waals surface area contributed by atoms with Crippen molar-refractivity contribution < 1.29 is 17.9 Å². The van der Waals surface area contributed by atoms with Gasteiger partial charge in [-0.05, 0) is 19.1 Å². The monoisotopic (exact) mass is 387 g/mol. The molecular formula is C16H17ClF3N5O. The van der Waals surface area contributed by atoms with Gasteiger partial charge in [0.1, 0.15) is 5.52 Å². The third-order valence-electron chi connectivity index (χ3n) is 3.95. The van der Waals surface area contributed by atoms with E-state index in [9.17, 15) is 13.2 Å². The number of halogens is 4. The summed E-state index contributed by atoms with van der Waals surface area (Å²) in [6.07, 6.45) is -4.42. The van der Waals surface area contributed by atoms with Crippen LogP contribution in [0.1, 0.15) is 11.3 Å². The van der Waals surface area contributed by atoms with Crippen LogP contribution in [0.15, 0.2) is 18.2 Å². The number of nitrogens with zero attached hydrogens (tertiary/aromatic N) is 4. The highest BCUT2D eigenvalue weighted by molar-refractivity contribution is 6.35. The van der Waals surface area contributed by atoms with E-state index in [1.54, 1.807) is 13.0 Å². The maximum Gasteiger partial charge on any atom is 0.422 e. The summed E-state index contributed by atoms with van der Waals surface area (Å²) in [5.41, 5.74) is 2.61. The second-order valence-corrected chi connectivity index (χ2v) is 6.26. The van der Waals surface area contributed by atoms with Gasteiger partial charge >= 0.3 is 6.18 Å². The third kappa shape index (κ3) is 3.57. The molecular weight excluding hydrogens is 371 g/mol. The van der Waals surface area contributed by atoms with Crippen LogP contribution >= 0.6 is 11.6 Å². The largest absolute Gasteiger partial charge is 0.468 e. The molecule has 0 fully saturated rings. The van der Waals surface area contributed by atoms with E-state index in [1.165, 1.54) is 11.7 Å². The number of hydrogen-bond acceptors (Lipinski definition) is 4. The Labute approximate surface area is 152 Å². The minimum absolute atomic E-state index is 0.0733. The molecule has 0 radical (unpaired) electrons. The van der Waals surface area contributed by atoms with Crippen LogP contribution in [-0.4, -0.2) is 32.1 Å². The van der Waals surface area contributed by atoms with Gasteiger partial charge in [0, 0.05) is 14.1 Å². The van der Waals surface area contributed by atoms with Gasteiger partial charge in [-0.3, -0.25) is 0 Å². The number of aryl methyl sites for hydroxylation is 3. The highest BCUT2D eigenvalue weighted by atomic mass is 35.5. The van der Waals surface area contributed by atoms with Crippen molar-refractivity contribution in [3.8, 4) is 5.88 Å². The Morgan fingerprint density at radius 1 is 1.27 bits per heavy atom. The van der Waals surface area contributed by atoms with E-state index < -0.39 is 12.8 Å². The fourth-order valence-corrected chi connectivity index (χ4v) is 2.93. The molecule has 3 aromatic rings. The van der Waals surface area contributed by atoms with Gasteiger partial charge < -0.3 is 14.6 Å². The molecule has 6 nitrogen and oxygen atoms in total. The molecule has 0 atom stereocenters. The number of imidazole rings is 1. The standard InChI is InChI=1S/C16H17ClF3N5O/c1-9-10(14(25(3)23-9)26-8-16(18,19)20)7-21-15-22-13-11(17)5-4-6-12(13)24(15)2/h4-6H,7-8H2,1-3H3,(H,21,22). The summed E-state index contributed by atoms with van der Waals surface area (Å²) in [7, 11) is 3.36. The molecule has 2 aromatic heterocycles. The highest BCUT2D eigenvalue weighted by Gasteiger charge is 2.30. The van der Waals surface area contributed by atoms with Crippen LogP contribution in [0.2, 0.25) is 5.02 Å². The molecule has 10 heteroatoms. The van der Waals surface area contributed by atoms with Crippen molar-refractivity contribution in [3.63, 3.8) is 0 Å². The molecule has 0 saturated heterocycles. The molecule has 0 unspecified atom stereocenters. The minimum Gasteiger partial charge on any atom is -0.468 e. The van der Waals surface area contributed by atoms with Crippen LogP contribution in [0, 0.1) is 6.92 Å². The first-order valence-electron chi connectivity index (χ1n) is 7.74. The smallest absolute Gasteiger partial charge is 0.422 e. The number of fused-ring (bicyclic) bond motifs is 1. The molecule has 26 heavy (non-hydrogen) atoms. The fraction of sp³-hybridized carbons (Fsp3) is 0.375. The number of rotatable bonds is 5. The number of hydrogen-bond donors (Lipinski definition) is 1. The van der Waals surface area contributed by atoms with Crippen LogP contribution in [0.5, 0.6) is 5.88 Å². The second kappa shape index (κ2) is 6.71. The number of para-hydroxylation sites is 1. The van der Waals surface area contributed by atoms with E-state index in [2.05, 4.69) is 15.4 Å². The van der Waals surface area contributed by atoms with Crippen molar-refractivity contribution >= 4 is 28.6 Å². The average Bonchev–Trinajstić information content (AvgIpc) is 3.01. The Hall–Kier alpha value is -2.42. The first-order valence-corrected chi connectivity index (χ1v) is 8.12. The van der Waals surface area contributed by atoms with E-state index in [0.29, 0.717) is 27.7 Å². The molecule has 0 bridgehead atoms. The molecule has 0 aliphatic carbocycles. The van der Waals surface area contributed by atoms with Crippen molar-refractivity contribution in [3.05, 3.63) is 34.5 Å². The highest BCUT2D eigenvalue weighted by Crippen LogP contribution is 2.28. The molecule has 0 spiro atoms. The number of nitrogens with one attached hydrogen (secondary N) is 1. The van der Waals surface area contributed by atoms with Crippen LogP contribution in [0.3, 0.4) is 0 Å². The number of aromatic nitrogens is 4. The first-order chi connectivity index (χ1) is 12.2. The summed E-state index contributed by atoms with van der Waals surface area (Å²) in [6, 6.07) is 5.45. The number of ether oxygens (including phenoxy) is 1. The van der Waals surface area contributed by atoms with E-state index in [0.717, 1.165) is 5.52 Å². The first kappa shape index (κ1) is 18.4. The van der Waals surface area contributed by atoms with Gasteiger partial charge in [0.25, 0.3) is 0 Å². The SMILES string of the molecule is Cc1nn(C)c(OCC(F)(F)F)c1CNc1nc2c(Cl)cccc2n1C. The summed E-state index contributed by atoms with van der Waals surface area (Å²) in [5.74, 6) is 0.613. The lowest BCUT2D eigenvalue weighted by atomic mass is 10.2. The Balaban J connectivity index is 1.84. The van der Waals surface area contributed by atoms with E-state index in [4.69, 9.17) is 16.3 Å². The summed E-state index contributed by atoms with van der Waals surface area (Å²) >= 11 is 6.15. The minimum atomic E-state index is -4.42. The molecule has 0 aliphatic rings.